The fraction of sp³-hybridized carbons (Fsp3) is 1.00. The Kier molecular flexibility index (Phi) is 15.4. The van der Waals surface area contributed by atoms with E-state index in [0.717, 1.165) is 5.92 Å². The summed E-state index contributed by atoms with van der Waals surface area (Å²) in [6.45, 7) is 9.22. The lowest BCUT2D eigenvalue weighted by atomic mass is 10.1. The molecule has 0 aliphatic rings. The molecular formula is C9H23NO. The molecule has 0 atom stereocenters. The molecule has 0 amide bonds. The van der Waals surface area contributed by atoms with Gasteiger partial charge >= 0.3 is 0 Å². The van der Waals surface area contributed by atoms with Crippen molar-refractivity contribution in [3.05, 3.63) is 0 Å². The van der Waals surface area contributed by atoms with Crippen LogP contribution in [0.15, 0.2) is 0 Å². The second kappa shape index (κ2) is 12.6. The molecule has 0 aromatic rings. The standard InChI is InChI=1S/C7H16.C2H7NO/c1-4-5-6-7(2)3;1-2-4-3/h7H,4-6H2,1-3H3;2-3H2,1H3. The molecule has 0 bridgehead atoms. The fourth-order valence-corrected chi connectivity index (χ4v) is 0.612. The summed E-state index contributed by atoms with van der Waals surface area (Å²) in [6, 6.07) is 0. The molecule has 0 aliphatic carbocycles. The first-order valence-corrected chi connectivity index (χ1v) is 4.50. The summed E-state index contributed by atoms with van der Waals surface area (Å²) in [5.41, 5.74) is 0. The lowest BCUT2D eigenvalue weighted by Gasteiger charge is -1.98. The summed E-state index contributed by atoms with van der Waals surface area (Å²) >= 11 is 0. The van der Waals surface area contributed by atoms with Gasteiger partial charge in [-0.2, -0.15) is 0 Å². The average molecular weight is 161 g/mol. The van der Waals surface area contributed by atoms with Gasteiger partial charge in [0.05, 0.1) is 6.61 Å². The van der Waals surface area contributed by atoms with E-state index in [2.05, 4.69) is 31.5 Å². The van der Waals surface area contributed by atoms with E-state index in [1.807, 2.05) is 6.92 Å². The molecule has 0 unspecified atom stereocenters. The van der Waals surface area contributed by atoms with E-state index in [0.29, 0.717) is 6.61 Å². The molecule has 0 aromatic carbocycles. The quantitative estimate of drug-likeness (QED) is 0.643. The second-order valence-corrected chi connectivity index (χ2v) is 2.99. The maximum atomic E-state index is 4.53. The predicted octanol–water partition coefficient (Wildman–Crippen LogP) is 2.73. The van der Waals surface area contributed by atoms with Crippen LogP contribution >= 0.6 is 0 Å². The Hall–Kier alpha value is -0.0800. The zero-order valence-electron chi connectivity index (χ0n) is 8.39. The first-order chi connectivity index (χ1) is 5.18. The molecule has 2 heteroatoms. The van der Waals surface area contributed by atoms with Crippen LogP contribution in [0.5, 0.6) is 0 Å². The number of hydrogen-bond acceptors (Lipinski definition) is 2. The molecule has 2 nitrogen and oxygen atoms in total. The molecule has 2 N–H and O–H groups in total. The largest absolute Gasteiger partial charge is 0.305 e. The molecule has 70 valence electrons. The van der Waals surface area contributed by atoms with Crippen LogP contribution in [0.2, 0.25) is 0 Å². The van der Waals surface area contributed by atoms with Crippen LogP contribution < -0.4 is 5.90 Å². The molecule has 0 rings (SSSR count). The van der Waals surface area contributed by atoms with Gasteiger partial charge in [0.1, 0.15) is 0 Å². The van der Waals surface area contributed by atoms with Gasteiger partial charge in [0.15, 0.2) is 0 Å². The van der Waals surface area contributed by atoms with Crippen molar-refractivity contribution in [2.24, 2.45) is 11.8 Å². The van der Waals surface area contributed by atoms with Crippen molar-refractivity contribution in [2.75, 3.05) is 6.61 Å². The molecule has 0 aromatic heterocycles. The topological polar surface area (TPSA) is 35.2 Å². The van der Waals surface area contributed by atoms with Gasteiger partial charge in [0, 0.05) is 0 Å². The van der Waals surface area contributed by atoms with E-state index < -0.39 is 0 Å². The van der Waals surface area contributed by atoms with E-state index >= 15 is 0 Å². The van der Waals surface area contributed by atoms with Gasteiger partial charge in [-0.1, -0.05) is 40.0 Å². The highest BCUT2D eigenvalue weighted by Gasteiger charge is 1.88. The van der Waals surface area contributed by atoms with Gasteiger partial charge < -0.3 is 4.84 Å². The van der Waals surface area contributed by atoms with E-state index in [9.17, 15) is 0 Å². The minimum atomic E-state index is 0.597. The zero-order valence-corrected chi connectivity index (χ0v) is 8.39. The van der Waals surface area contributed by atoms with Crippen LogP contribution in [0.25, 0.3) is 0 Å². The number of nitrogens with two attached hydrogens (primary N) is 1. The zero-order chi connectivity index (χ0) is 9.11. The number of rotatable bonds is 4. The first kappa shape index (κ1) is 13.5. The van der Waals surface area contributed by atoms with E-state index in [4.69, 9.17) is 0 Å². The van der Waals surface area contributed by atoms with Crippen molar-refractivity contribution in [1.82, 2.24) is 0 Å². The Balaban J connectivity index is 0. The molecule has 0 heterocycles. The van der Waals surface area contributed by atoms with Gasteiger partial charge in [-0.3, -0.25) is 0 Å². The smallest absolute Gasteiger partial charge is 0.0651 e. The van der Waals surface area contributed by atoms with Crippen molar-refractivity contribution in [1.29, 1.82) is 0 Å². The number of hydrogen-bond donors (Lipinski definition) is 1. The molecule has 11 heavy (non-hydrogen) atoms. The molecule has 0 aliphatic heterocycles. The van der Waals surface area contributed by atoms with Gasteiger partial charge in [-0.05, 0) is 12.8 Å². The average Bonchev–Trinajstić information content (AvgIpc) is 2.01. The Morgan fingerprint density at radius 2 is 1.73 bits per heavy atom. The first-order valence-electron chi connectivity index (χ1n) is 4.50. The molecule has 0 saturated carbocycles. The van der Waals surface area contributed by atoms with Crippen molar-refractivity contribution < 1.29 is 4.84 Å². The highest BCUT2D eigenvalue weighted by atomic mass is 16.6. The normalized spacial score (nSPS) is 9.27. The summed E-state index contributed by atoms with van der Waals surface area (Å²) in [4.78, 5) is 4.04. The summed E-state index contributed by atoms with van der Waals surface area (Å²) in [5, 5.41) is 0. The van der Waals surface area contributed by atoms with Gasteiger partial charge in [-0.25, -0.2) is 5.90 Å². The van der Waals surface area contributed by atoms with Crippen molar-refractivity contribution >= 4 is 0 Å². The maximum absolute atomic E-state index is 4.53. The monoisotopic (exact) mass is 161 g/mol. The maximum Gasteiger partial charge on any atom is 0.0651 e. The number of unbranched alkanes of at least 4 members (excludes halogenated alkanes) is 1. The second-order valence-electron chi connectivity index (χ2n) is 2.99. The van der Waals surface area contributed by atoms with Crippen molar-refractivity contribution in [3.8, 4) is 0 Å². The Labute approximate surface area is 71.1 Å². The lowest BCUT2D eigenvalue weighted by molar-refractivity contribution is 0.152. The van der Waals surface area contributed by atoms with E-state index in [1.54, 1.807) is 0 Å². The van der Waals surface area contributed by atoms with Gasteiger partial charge in [0.25, 0.3) is 0 Å². The van der Waals surface area contributed by atoms with Crippen LogP contribution in [-0.2, 0) is 4.84 Å². The molecule has 0 fully saturated rings. The van der Waals surface area contributed by atoms with E-state index in [1.165, 1.54) is 19.3 Å². The van der Waals surface area contributed by atoms with E-state index in [-0.39, 0.29) is 0 Å². The molecule has 0 saturated heterocycles. The summed E-state index contributed by atoms with van der Waals surface area (Å²) in [7, 11) is 0. The van der Waals surface area contributed by atoms with Crippen LogP contribution in [-0.4, -0.2) is 6.61 Å². The van der Waals surface area contributed by atoms with Crippen molar-refractivity contribution in [2.45, 2.75) is 47.0 Å². The Morgan fingerprint density at radius 1 is 1.27 bits per heavy atom. The third-order valence-electron chi connectivity index (χ3n) is 1.30. The SMILES string of the molecule is CCCCC(C)C.CCON. The van der Waals surface area contributed by atoms with Crippen molar-refractivity contribution in [3.63, 3.8) is 0 Å². The molecule has 0 radical (unpaired) electrons. The minimum absolute atomic E-state index is 0.597. The lowest BCUT2D eigenvalue weighted by Crippen LogP contribution is -1.94. The van der Waals surface area contributed by atoms with Crippen LogP contribution in [0.1, 0.15) is 47.0 Å². The summed E-state index contributed by atoms with van der Waals surface area (Å²) in [5.74, 6) is 5.43. The third kappa shape index (κ3) is 25.7. The predicted molar refractivity (Wildman–Crippen MR) is 50.2 cm³/mol. The Bertz CT molecular complexity index is 53.5. The minimum Gasteiger partial charge on any atom is -0.305 e. The Morgan fingerprint density at radius 3 is 1.82 bits per heavy atom. The third-order valence-corrected chi connectivity index (χ3v) is 1.30. The van der Waals surface area contributed by atoms with Crippen LogP contribution in [0, 0.1) is 5.92 Å². The fourth-order valence-electron chi connectivity index (χ4n) is 0.612. The van der Waals surface area contributed by atoms with Gasteiger partial charge in [0.2, 0.25) is 0 Å². The van der Waals surface area contributed by atoms with Gasteiger partial charge in [-0.15, -0.1) is 0 Å². The summed E-state index contributed by atoms with van der Waals surface area (Å²) in [6.07, 6.45) is 4.15. The van der Waals surface area contributed by atoms with Crippen LogP contribution in [0.3, 0.4) is 0 Å². The van der Waals surface area contributed by atoms with Crippen LogP contribution in [0.4, 0.5) is 0 Å². The molecule has 0 spiro atoms. The molecular weight excluding hydrogens is 138 g/mol. The highest BCUT2D eigenvalue weighted by molar-refractivity contribution is 4.42. The highest BCUT2D eigenvalue weighted by Crippen LogP contribution is 2.04. The summed E-state index contributed by atoms with van der Waals surface area (Å²) < 4.78 is 0.